The summed E-state index contributed by atoms with van der Waals surface area (Å²) < 4.78 is 0. The highest BCUT2D eigenvalue weighted by molar-refractivity contribution is 7.07. The molecule has 1 aliphatic heterocycles. The Bertz CT molecular complexity index is 694. The number of likely N-dealkylation sites (tertiary alicyclic amines) is 1. The highest BCUT2D eigenvalue weighted by atomic mass is 35.5. The number of anilines is 2. The number of nitrogens with zero attached hydrogens (tertiary/aromatic N) is 2. The maximum atomic E-state index is 12.6. The smallest absolute Gasteiger partial charge is 0.321 e. The molecule has 3 rings (SSSR count). The lowest BCUT2D eigenvalue weighted by Gasteiger charge is -2.32. The van der Waals surface area contributed by atoms with Gasteiger partial charge in [-0.3, -0.25) is 0 Å². The molecule has 1 N–H and O–H groups in total. The Balaban J connectivity index is 1.64. The standard InChI is InChI=1S/C18H22ClN3OS/c1-21(2)17-15(19)4-3-5-16(17)20-18(23)22-9-6-13(7-10-22)14-8-11-24-12-14/h3-5,8,11-13H,6-7,9-10H2,1-2H3,(H,20,23). The molecule has 6 heteroatoms. The number of para-hydroxylation sites is 1. The molecule has 0 spiro atoms. The molecule has 128 valence electrons. The van der Waals surface area contributed by atoms with Crippen molar-refractivity contribution in [1.82, 2.24) is 4.90 Å². The van der Waals surface area contributed by atoms with Crippen molar-refractivity contribution in [2.75, 3.05) is 37.4 Å². The van der Waals surface area contributed by atoms with Crippen LogP contribution in [0.1, 0.15) is 24.3 Å². The first-order valence-electron chi connectivity index (χ1n) is 8.10. The number of rotatable bonds is 3. The van der Waals surface area contributed by atoms with Crippen LogP contribution in [-0.2, 0) is 0 Å². The van der Waals surface area contributed by atoms with Crippen LogP contribution >= 0.6 is 22.9 Å². The number of piperidine rings is 1. The summed E-state index contributed by atoms with van der Waals surface area (Å²) in [7, 11) is 3.84. The topological polar surface area (TPSA) is 35.6 Å². The Hall–Kier alpha value is -1.72. The van der Waals surface area contributed by atoms with Gasteiger partial charge in [0.05, 0.1) is 16.4 Å². The van der Waals surface area contributed by atoms with Crippen LogP contribution in [0.3, 0.4) is 0 Å². The molecule has 0 aliphatic carbocycles. The summed E-state index contributed by atoms with van der Waals surface area (Å²) in [5.41, 5.74) is 2.99. The molecule has 1 aliphatic rings. The number of halogens is 1. The molecule has 1 aromatic heterocycles. The Morgan fingerprint density at radius 1 is 1.29 bits per heavy atom. The van der Waals surface area contributed by atoms with Gasteiger partial charge in [-0.25, -0.2) is 4.79 Å². The van der Waals surface area contributed by atoms with Crippen LogP contribution in [0.5, 0.6) is 0 Å². The molecule has 0 saturated carbocycles. The van der Waals surface area contributed by atoms with Crippen LogP contribution in [0.15, 0.2) is 35.0 Å². The summed E-state index contributed by atoms with van der Waals surface area (Å²) in [5.74, 6) is 0.573. The van der Waals surface area contributed by atoms with Gasteiger partial charge in [0.25, 0.3) is 0 Å². The number of carbonyl (C=O) groups excluding carboxylic acids is 1. The van der Waals surface area contributed by atoms with Crippen molar-refractivity contribution in [1.29, 1.82) is 0 Å². The molecule has 0 bridgehead atoms. The third kappa shape index (κ3) is 3.68. The zero-order valence-electron chi connectivity index (χ0n) is 14.0. The van der Waals surface area contributed by atoms with Crippen LogP contribution in [0.4, 0.5) is 16.2 Å². The lowest BCUT2D eigenvalue weighted by Crippen LogP contribution is -2.40. The molecule has 0 unspecified atom stereocenters. The molecule has 4 nitrogen and oxygen atoms in total. The first-order chi connectivity index (χ1) is 11.6. The number of hydrogen-bond acceptors (Lipinski definition) is 3. The van der Waals surface area contributed by atoms with Gasteiger partial charge in [0, 0.05) is 27.2 Å². The van der Waals surface area contributed by atoms with E-state index in [2.05, 4.69) is 22.1 Å². The van der Waals surface area contributed by atoms with Gasteiger partial charge in [-0.05, 0) is 53.3 Å². The molecule has 0 radical (unpaired) electrons. The van der Waals surface area contributed by atoms with Crippen molar-refractivity contribution in [2.24, 2.45) is 0 Å². The van der Waals surface area contributed by atoms with Crippen LogP contribution in [0.2, 0.25) is 5.02 Å². The number of benzene rings is 1. The fourth-order valence-electron chi connectivity index (χ4n) is 3.19. The lowest BCUT2D eigenvalue weighted by atomic mass is 9.91. The average molecular weight is 364 g/mol. The largest absolute Gasteiger partial charge is 0.375 e. The van der Waals surface area contributed by atoms with Gasteiger partial charge in [-0.2, -0.15) is 11.3 Å². The van der Waals surface area contributed by atoms with Gasteiger partial charge in [-0.1, -0.05) is 17.7 Å². The van der Waals surface area contributed by atoms with E-state index in [9.17, 15) is 4.79 Å². The first kappa shape index (κ1) is 17.1. The quantitative estimate of drug-likeness (QED) is 0.843. The number of thiophene rings is 1. The highest BCUT2D eigenvalue weighted by Crippen LogP contribution is 2.33. The van der Waals surface area contributed by atoms with Gasteiger partial charge >= 0.3 is 6.03 Å². The molecule has 1 aromatic carbocycles. The normalized spacial score (nSPS) is 15.4. The predicted molar refractivity (Wildman–Crippen MR) is 103 cm³/mol. The molecular formula is C18H22ClN3OS. The molecule has 1 fully saturated rings. The molecule has 2 amide bonds. The third-order valence-corrected chi connectivity index (χ3v) is 5.48. The van der Waals surface area contributed by atoms with E-state index in [1.54, 1.807) is 11.3 Å². The zero-order valence-corrected chi connectivity index (χ0v) is 15.5. The minimum absolute atomic E-state index is 0.0517. The van der Waals surface area contributed by atoms with Crippen molar-refractivity contribution in [2.45, 2.75) is 18.8 Å². The highest BCUT2D eigenvalue weighted by Gasteiger charge is 2.24. The summed E-state index contributed by atoms with van der Waals surface area (Å²) in [6.45, 7) is 1.56. The van der Waals surface area contributed by atoms with Crippen LogP contribution in [-0.4, -0.2) is 38.1 Å². The van der Waals surface area contributed by atoms with Gasteiger partial charge < -0.3 is 15.1 Å². The van der Waals surface area contributed by atoms with Crippen LogP contribution in [0, 0.1) is 0 Å². The SMILES string of the molecule is CN(C)c1c(Cl)cccc1NC(=O)N1CCC(c2ccsc2)CC1. The van der Waals surface area contributed by atoms with Gasteiger partial charge in [0.2, 0.25) is 0 Å². The Kier molecular flexibility index (Phi) is 5.31. The van der Waals surface area contributed by atoms with Gasteiger partial charge in [0.1, 0.15) is 0 Å². The van der Waals surface area contributed by atoms with Crippen molar-refractivity contribution in [3.05, 3.63) is 45.6 Å². The molecule has 0 atom stereocenters. The summed E-state index contributed by atoms with van der Waals surface area (Å²) >= 11 is 8.00. The van der Waals surface area contributed by atoms with E-state index >= 15 is 0 Å². The zero-order chi connectivity index (χ0) is 17.1. The second-order valence-corrected chi connectivity index (χ2v) is 7.47. The molecular weight excluding hydrogens is 342 g/mol. The van der Waals surface area contributed by atoms with Crippen LogP contribution in [0.25, 0.3) is 0 Å². The lowest BCUT2D eigenvalue weighted by molar-refractivity contribution is 0.194. The van der Waals surface area contributed by atoms with Gasteiger partial charge in [0.15, 0.2) is 0 Å². The van der Waals surface area contributed by atoms with Crippen molar-refractivity contribution in [3.63, 3.8) is 0 Å². The van der Waals surface area contributed by atoms with E-state index in [0.717, 1.165) is 37.3 Å². The van der Waals surface area contributed by atoms with Crippen LogP contribution < -0.4 is 10.2 Å². The number of hydrogen-bond donors (Lipinski definition) is 1. The van der Waals surface area contributed by atoms with Crippen molar-refractivity contribution < 1.29 is 4.79 Å². The summed E-state index contributed by atoms with van der Waals surface area (Å²) in [4.78, 5) is 16.4. The summed E-state index contributed by atoms with van der Waals surface area (Å²) in [5, 5.41) is 7.99. The van der Waals surface area contributed by atoms with E-state index in [1.807, 2.05) is 42.1 Å². The minimum atomic E-state index is -0.0517. The maximum absolute atomic E-state index is 12.6. The number of nitrogens with one attached hydrogen (secondary N) is 1. The Labute approximate surface area is 152 Å². The fourth-order valence-corrected chi connectivity index (χ4v) is 4.27. The fraction of sp³-hybridized carbons (Fsp3) is 0.389. The predicted octanol–water partition coefficient (Wildman–Crippen LogP) is 4.88. The molecule has 1 saturated heterocycles. The molecule has 2 heterocycles. The number of amides is 2. The van der Waals surface area contributed by atoms with Crippen molar-refractivity contribution in [3.8, 4) is 0 Å². The van der Waals surface area contributed by atoms with E-state index < -0.39 is 0 Å². The Morgan fingerprint density at radius 3 is 2.67 bits per heavy atom. The summed E-state index contributed by atoms with van der Waals surface area (Å²) in [6.07, 6.45) is 2.03. The third-order valence-electron chi connectivity index (χ3n) is 4.47. The van der Waals surface area contributed by atoms with E-state index in [1.165, 1.54) is 5.56 Å². The molecule has 2 aromatic rings. The van der Waals surface area contributed by atoms with E-state index in [-0.39, 0.29) is 6.03 Å². The number of urea groups is 1. The van der Waals surface area contributed by atoms with Gasteiger partial charge in [-0.15, -0.1) is 0 Å². The van der Waals surface area contributed by atoms with Crippen molar-refractivity contribution >= 4 is 40.3 Å². The van der Waals surface area contributed by atoms with E-state index in [4.69, 9.17) is 11.6 Å². The minimum Gasteiger partial charge on any atom is -0.375 e. The maximum Gasteiger partial charge on any atom is 0.321 e. The first-order valence-corrected chi connectivity index (χ1v) is 9.42. The monoisotopic (exact) mass is 363 g/mol. The number of carbonyl (C=O) groups is 1. The second kappa shape index (κ2) is 7.45. The second-order valence-electron chi connectivity index (χ2n) is 6.28. The Morgan fingerprint density at radius 2 is 2.04 bits per heavy atom. The summed E-state index contributed by atoms with van der Waals surface area (Å²) in [6, 6.07) is 7.72. The average Bonchev–Trinajstić information content (AvgIpc) is 3.09. The molecule has 24 heavy (non-hydrogen) atoms. The van der Waals surface area contributed by atoms with E-state index in [0.29, 0.717) is 10.9 Å².